The van der Waals surface area contributed by atoms with Gasteiger partial charge in [-0.15, -0.1) is 0 Å². The van der Waals surface area contributed by atoms with Crippen LogP contribution in [0.3, 0.4) is 0 Å². The summed E-state index contributed by atoms with van der Waals surface area (Å²) in [6, 6.07) is 7.45. The van der Waals surface area contributed by atoms with Gasteiger partial charge in [-0.2, -0.15) is 0 Å². The molecule has 7 heteroatoms. The molecule has 0 radical (unpaired) electrons. The predicted molar refractivity (Wildman–Crippen MR) is 91.7 cm³/mol. The maximum absolute atomic E-state index is 12.2. The van der Waals surface area contributed by atoms with Crippen LogP contribution in [0.1, 0.15) is 38.1 Å². The van der Waals surface area contributed by atoms with Crippen molar-refractivity contribution in [1.29, 1.82) is 0 Å². The zero-order valence-electron chi connectivity index (χ0n) is 14.2. The summed E-state index contributed by atoms with van der Waals surface area (Å²) >= 11 is 0. The van der Waals surface area contributed by atoms with Crippen molar-refractivity contribution in [3.63, 3.8) is 0 Å². The van der Waals surface area contributed by atoms with E-state index in [9.17, 15) is 18.3 Å². The van der Waals surface area contributed by atoms with Crippen LogP contribution in [0, 0.1) is 0 Å². The molecule has 1 aromatic heterocycles. The molecule has 0 aliphatic rings. The van der Waals surface area contributed by atoms with Crippen molar-refractivity contribution >= 4 is 9.84 Å². The molecular formula is C17H22N2O4S. The molecule has 24 heavy (non-hydrogen) atoms. The number of aromatic nitrogens is 2. The van der Waals surface area contributed by atoms with E-state index >= 15 is 0 Å². The van der Waals surface area contributed by atoms with Gasteiger partial charge in [0.25, 0.3) is 5.56 Å². The van der Waals surface area contributed by atoms with Gasteiger partial charge < -0.3 is 5.11 Å². The fraction of sp³-hybridized carbons (Fsp3) is 0.412. The third kappa shape index (κ3) is 4.30. The number of benzene rings is 1. The van der Waals surface area contributed by atoms with Crippen LogP contribution in [-0.4, -0.2) is 29.3 Å². The summed E-state index contributed by atoms with van der Waals surface area (Å²) in [4.78, 5) is 16.6. The molecule has 0 bridgehead atoms. The molecular weight excluding hydrogens is 328 g/mol. The summed E-state index contributed by atoms with van der Waals surface area (Å²) in [6.07, 6.45) is 1.62. The van der Waals surface area contributed by atoms with Gasteiger partial charge in [0.1, 0.15) is 0 Å². The molecule has 6 nitrogen and oxygen atoms in total. The lowest BCUT2D eigenvalue weighted by Crippen LogP contribution is -2.26. The van der Waals surface area contributed by atoms with E-state index in [-0.39, 0.29) is 22.4 Å². The summed E-state index contributed by atoms with van der Waals surface area (Å²) in [6.45, 7) is 5.96. The second kappa shape index (κ2) is 6.49. The minimum atomic E-state index is -3.28. The van der Waals surface area contributed by atoms with Crippen LogP contribution < -0.4 is 5.56 Å². The van der Waals surface area contributed by atoms with E-state index in [1.165, 1.54) is 29.1 Å². The van der Waals surface area contributed by atoms with E-state index < -0.39 is 15.9 Å². The largest absolute Gasteiger partial charge is 0.387 e. The molecule has 1 atom stereocenters. The van der Waals surface area contributed by atoms with E-state index in [0.29, 0.717) is 11.3 Å². The molecule has 0 fully saturated rings. The summed E-state index contributed by atoms with van der Waals surface area (Å²) in [5, 5.41) is 10.3. The average Bonchev–Trinajstić information content (AvgIpc) is 2.47. The van der Waals surface area contributed by atoms with Crippen molar-refractivity contribution in [2.45, 2.75) is 43.7 Å². The van der Waals surface area contributed by atoms with Gasteiger partial charge in [0.15, 0.2) is 9.84 Å². The van der Waals surface area contributed by atoms with Gasteiger partial charge in [-0.1, -0.05) is 32.9 Å². The Morgan fingerprint density at radius 1 is 1.21 bits per heavy atom. The Kier molecular flexibility index (Phi) is 4.96. The van der Waals surface area contributed by atoms with Crippen molar-refractivity contribution in [2.24, 2.45) is 0 Å². The van der Waals surface area contributed by atoms with Crippen molar-refractivity contribution in [3.05, 3.63) is 58.3 Å². The third-order valence-electron chi connectivity index (χ3n) is 3.71. The average molecular weight is 350 g/mol. The van der Waals surface area contributed by atoms with Crippen molar-refractivity contribution in [2.75, 3.05) is 6.26 Å². The molecule has 0 saturated carbocycles. The first-order valence-corrected chi connectivity index (χ1v) is 9.42. The fourth-order valence-electron chi connectivity index (χ4n) is 2.20. The Bertz CT molecular complexity index is 878. The van der Waals surface area contributed by atoms with Gasteiger partial charge in [-0.25, -0.2) is 13.4 Å². The van der Waals surface area contributed by atoms with E-state index in [1.807, 2.05) is 20.8 Å². The summed E-state index contributed by atoms with van der Waals surface area (Å²) in [5.74, 6) is 0. The summed E-state index contributed by atoms with van der Waals surface area (Å²) in [7, 11) is -3.28. The molecule has 1 aromatic carbocycles. The number of aliphatic hydroxyl groups excluding tert-OH is 1. The van der Waals surface area contributed by atoms with Gasteiger partial charge >= 0.3 is 0 Å². The van der Waals surface area contributed by atoms with Crippen molar-refractivity contribution in [1.82, 2.24) is 9.55 Å². The Hall–Kier alpha value is -1.99. The Labute approximate surface area is 141 Å². The first-order chi connectivity index (χ1) is 11.0. The third-order valence-corrected chi connectivity index (χ3v) is 4.84. The lowest BCUT2D eigenvalue weighted by Gasteiger charge is -2.18. The minimum absolute atomic E-state index is 0.0501. The van der Waals surface area contributed by atoms with Gasteiger partial charge in [0.05, 0.1) is 29.6 Å². The lowest BCUT2D eigenvalue weighted by molar-refractivity contribution is 0.154. The number of hydrogen-bond acceptors (Lipinski definition) is 5. The van der Waals surface area contributed by atoms with E-state index in [4.69, 9.17) is 0 Å². The quantitative estimate of drug-likeness (QED) is 0.906. The van der Waals surface area contributed by atoms with Crippen LogP contribution in [0.2, 0.25) is 0 Å². The highest BCUT2D eigenvalue weighted by molar-refractivity contribution is 7.90. The molecule has 1 N–H and O–H groups in total. The van der Waals surface area contributed by atoms with Gasteiger partial charge in [0, 0.05) is 17.7 Å². The first-order valence-electron chi connectivity index (χ1n) is 7.53. The van der Waals surface area contributed by atoms with Crippen molar-refractivity contribution in [3.8, 4) is 0 Å². The van der Waals surface area contributed by atoms with E-state index in [1.54, 1.807) is 12.1 Å². The molecule has 1 unspecified atom stereocenters. The molecule has 0 aliphatic heterocycles. The van der Waals surface area contributed by atoms with Crippen molar-refractivity contribution < 1.29 is 13.5 Å². The molecule has 2 aromatic rings. The monoisotopic (exact) mass is 350 g/mol. The van der Waals surface area contributed by atoms with Crippen LogP contribution in [0.5, 0.6) is 0 Å². The van der Waals surface area contributed by atoms with Gasteiger partial charge in [-0.05, 0) is 17.7 Å². The standard InChI is InChI=1S/C17H22N2O4S/c1-17(2,3)15-9-16(21)19(11-18-15)10-14(20)12-5-7-13(8-6-12)24(4,22)23/h5-9,11,14,20H,10H2,1-4H3. The second-order valence-electron chi connectivity index (χ2n) is 6.87. The predicted octanol–water partition coefficient (Wildman–Crippen LogP) is 1.68. The maximum atomic E-state index is 12.2. The highest BCUT2D eigenvalue weighted by Crippen LogP contribution is 2.19. The number of nitrogens with zero attached hydrogens (tertiary/aromatic N) is 2. The van der Waals surface area contributed by atoms with Crippen LogP contribution in [0.25, 0.3) is 0 Å². The maximum Gasteiger partial charge on any atom is 0.253 e. The lowest BCUT2D eigenvalue weighted by atomic mass is 9.92. The summed E-state index contributed by atoms with van der Waals surface area (Å²) < 4.78 is 24.2. The smallest absolute Gasteiger partial charge is 0.253 e. The molecule has 0 amide bonds. The zero-order chi connectivity index (χ0) is 18.1. The molecule has 1 heterocycles. The Morgan fingerprint density at radius 2 is 1.79 bits per heavy atom. The molecule has 0 spiro atoms. The molecule has 0 saturated heterocycles. The Balaban J connectivity index is 2.21. The van der Waals surface area contributed by atoms with Crippen LogP contribution >= 0.6 is 0 Å². The van der Waals surface area contributed by atoms with Crippen LogP contribution in [0.4, 0.5) is 0 Å². The van der Waals surface area contributed by atoms with E-state index in [0.717, 1.165) is 6.26 Å². The normalized spacial score (nSPS) is 13.7. The Morgan fingerprint density at radius 3 is 2.25 bits per heavy atom. The highest BCUT2D eigenvalue weighted by Gasteiger charge is 2.17. The number of aliphatic hydroxyl groups is 1. The topological polar surface area (TPSA) is 89.3 Å². The molecule has 130 valence electrons. The van der Waals surface area contributed by atoms with Crippen LogP contribution in [0.15, 0.2) is 46.3 Å². The molecule has 2 rings (SSSR count). The van der Waals surface area contributed by atoms with E-state index in [2.05, 4.69) is 4.98 Å². The zero-order valence-corrected chi connectivity index (χ0v) is 15.0. The first kappa shape index (κ1) is 18.4. The highest BCUT2D eigenvalue weighted by atomic mass is 32.2. The summed E-state index contributed by atoms with van der Waals surface area (Å²) in [5.41, 5.74) is 0.768. The minimum Gasteiger partial charge on any atom is -0.387 e. The van der Waals surface area contributed by atoms with Gasteiger partial charge in [-0.3, -0.25) is 9.36 Å². The molecule has 0 aliphatic carbocycles. The number of hydrogen-bond donors (Lipinski definition) is 1. The fourth-order valence-corrected chi connectivity index (χ4v) is 2.83. The number of rotatable bonds is 4. The van der Waals surface area contributed by atoms with Gasteiger partial charge in [0.2, 0.25) is 0 Å². The SMILES string of the molecule is CC(C)(C)c1cc(=O)n(CC(O)c2ccc(S(C)(=O)=O)cc2)cn1. The van der Waals surface area contributed by atoms with Crippen LogP contribution in [-0.2, 0) is 21.8 Å². The second-order valence-corrected chi connectivity index (χ2v) is 8.89. The number of sulfone groups is 1.